The molecule has 1 rings (SSSR count). The summed E-state index contributed by atoms with van der Waals surface area (Å²) in [6.07, 6.45) is 4.04. The Morgan fingerprint density at radius 3 is 2.60 bits per heavy atom. The molecule has 0 atom stereocenters. The van der Waals surface area contributed by atoms with Gasteiger partial charge in [0.15, 0.2) is 5.84 Å². The van der Waals surface area contributed by atoms with E-state index in [1.165, 1.54) is 6.42 Å². The van der Waals surface area contributed by atoms with E-state index >= 15 is 0 Å². The molecule has 0 bridgehead atoms. The van der Waals surface area contributed by atoms with Crippen LogP contribution in [-0.2, 0) is 4.79 Å². The van der Waals surface area contributed by atoms with E-state index in [0.717, 1.165) is 12.8 Å². The molecule has 1 fully saturated rings. The van der Waals surface area contributed by atoms with Crippen LogP contribution in [0.15, 0.2) is 5.16 Å². The van der Waals surface area contributed by atoms with E-state index in [1.54, 1.807) is 13.8 Å². The lowest BCUT2D eigenvalue weighted by molar-refractivity contribution is -0.123. The molecule has 0 saturated heterocycles. The van der Waals surface area contributed by atoms with Gasteiger partial charge in [0.1, 0.15) is 0 Å². The monoisotopic (exact) mass is 213 g/mol. The van der Waals surface area contributed by atoms with Gasteiger partial charge in [-0.15, -0.1) is 0 Å². The zero-order valence-corrected chi connectivity index (χ0v) is 9.29. The number of hydrogen-bond acceptors (Lipinski definition) is 3. The van der Waals surface area contributed by atoms with Gasteiger partial charge in [-0.1, -0.05) is 11.6 Å². The molecule has 4 N–H and O–H groups in total. The van der Waals surface area contributed by atoms with Crippen molar-refractivity contribution in [1.82, 2.24) is 5.32 Å². The Balaban J connectivity index is 2.41. The second kappa shape index (κ2) is 4.51. The molecule has 1 aliphatic rings. The highest BCUT2D eigenvalue weighted by atomic mass is 16.4. The van der Waals surface area contributed by atoms with Gasteiger partial charge in [0.05, 0.1) is 5.54 Å². The SMILES string of the molecule is CC(C)(NC(=O)CC1CCC1)C(N)=NO. The van der Waals surface area contributed by atoms with Gasteiger partial charge in [0.2, 0.25) is 5.91 Å². The van der Waals surface area contributed by atoms with Crippen LogP contribution < -0.4 is 11.1 Å². The van der Waals surface area contributed by atoms with Crippen LogP contribution in [0.3, 0.4) is 0 Å². The molecule has 0 aliphatic heterocycles. The van der Waals surface area contributed by atoms with Crippen LogP contribution >= 0.6 is 0 Å². The number of nitrogens with one attached hydrogen (secondary N) is 1. The van der Waals surface area contributed by atoms with Crippen molar-refractivity contribution in [3.8, 4) is 0 Å². The number of nitrogens with two attached hydrogens (primary N) is 1. The second-order valence-electron chi connectivity index (χ2n) is 4.66. The number of hydrogen-bond donors (Lipinski definition) is 3. The highest BCUT2D eigenvalue weighted by Gasteiger charge is 2.28. The van der Waals surface area contributed by atoms with Crippen molar-refractivity contribution in [1.29, 1.82) is 0 Å². The lowest BCUT2D eigenvalue weighted by atomic mass is 9.82. The third-order valence-corrected chi connectivity index (χ3v) is 2.90. The zero-order valence-electron chi connectivity index (χ0n) is 9.29. The standard InChI is InChI=1S/C10H19N3O2/c1-10(2,9(11)13-15)12-8(14)6-7-4-3-5-7/h7,15H,3-6H2,1-2H3,(H2,11,13)(H,12,14). The summed E-state index contributed by atoms with van der Waals surface area (Å²) in [5, 5.41) is 14.2. The van der Waals surface area contributed by atoms with Crippen LogP contribution in [0.1, 0.15) is 39.5 Å². The number of amidine groups is 1. The minimum absolute atomic E-state index is 0.0180. The maximum atomic E-state index is 11.6. The molecule has 15 heavy (non-hydrogen) atoms. The van der Waals surface area contributed by atoms with Gasteiger partial charge in [0, 0.05) is 6.42 Å². The third-order valence-electron chi connectivity index (χ3n) is 2.90. The Kier molecular flexibility index (Phi) is 3.55. The summed E-state index contributed by atoms with van der Waals surface area (Å²) in [5.74, 6) is 0.508. The number of rotatable bonds is 4. The minimum atomic E-state index is -0.782. The molecule has 5 nitrogen and oxygen atoms in total. The summed E-state index contributed by atoms with van der Waals surface area (Å²) in [6.45, 7) is 3.42. The molecule has 1 amide bonds. The van der Waals surface area contributed by atoms with Crippen LogP contribution in [0.25, 0.3) is 0 Å². The average molecular weight is 213 g/mol. The number of nitrogens with zero attached hydrogens (tertiary/aromatic N) is 1. The predicted molar refractivity (Wildman–Crippen MR) is 57.6 cm³/mol. The molecule has 1 saturated carbocycles. The van der Waals surface area contributed by atoms with E-state index < -0.39 is 5.54 Å². The fourth-order valence-corrected chi connectivity index (χ4v) is 1.55. The third kappa shape index (κ3) is 3.11. The first-order chi connectivity index (χ1) is 6.95. The van der Waals surface area contributed by atoms with E-state index in [0.29, 0.717) is 12.3 Å². The average Bonchev–Trinajstić information content (AvgIpc) is 2.09. The van der Waals surface area contributed by atoms with Gasteiger partial charge < -0.3 is 16.3 Å². The van der Waals surface area contributed by atoms with E-state index in [9.17, 15) is 4.79 Å². The summed E-state index contributed by atoms with van der Waals surface area (Å²) in [7, 11) is 0. The van der Waals surface area contributed by atoms with Gasteiger partial charge >= 0.3 is 0 Å². The van der Waals surface area contributed by atoms with Crippen molar-refractivity contribution in [3.05, 3.63) is 0 Å². The lowest BCUT2D eigenvalue weighted by Crippen LogP contribution is -2.53. The maximum absolute atomic E-state index is 11.6. The van der Waals surface area contributed by atoms with Gasteiger partial charge in [0.25, 0.3) is 0 Å². The van der Waals surface area contributed by atoms with Crippen LogP contribution in [0.5, 0.6) is 0 Å². The second-order valence-corrected chi connectivity index (χ2v) is 4.66. The van der Waals surface area contributed by atoms with Crippen molar-refractivity contribution in [3.63, 3.8) is 0 Å². The summed E-state index contributed by atoms with van der Waals surface area (Å²) in [5.41, 5.74) is 4.68. The number of carbonyl (C=O) groups excluding carboxylic acids is 1. The number of oxime groups is 1. The maximum Gasteiger partial charge on any atom is 0.221 e. The molecule has 0 spiro atoms. The molecule has 0 aromatic heterocycles. The quantitative estimate of drug-likeness (QED) is 0.279. The summed E-state index contributed by atoms with van der Waals surface area (Å²) < 4.78 is 0. The van der Waals surface area contributed by atoms with Crippen LogP contribution in [0, 0.1) is 5.92 Å². The first-order valence-electron chi connectivity index (χ1n) is 5.24. The number of carbonyl (C=O) groups is 1. The molecule has 0 aromatic carbocycles. The summed E-state index contributed by atoms with van der Waals surface area (Å²) in [6, 6.07) is 0. The van der Waals surface area contributed by atoms with Gasteiger partial charge in [-0.2, -0.15) is 0 Å². The Morgan fingerprint density at radius 1 is 1.60 bits per heavy atom. The Hall–Kier alpha value is -1.26. The molecule has 0 radical (unpaired) electrons. The fraction of sp³-hybridized carbons (Fsp3) is 0.800. The Bertz CT molecular complexity index is 270. The number of amides is 1. The topological polar surface area (TPSA) is 87.7 Å². The predicted octanol–water partition coefficient (Wildman–Crippen LogP) is 0.818. The van der Waals surface area contributed by atoms with Gasteiger partial charge in [-0.3, -0.25) is 4.79 Å². The van der Waals surface area contributed by atoms with Gasteiger partial charge in [-0.25, -0.2) is 0 Å². The molecule has 5 heteroatoms. The smallest absolute Gasteiger partial charge is 0.221 e. The van der Waals surface area contributed by atoms with E-state index in [4.69, 9.17) is 10.9 Å². The minimum Gasteiger partial charge on any atom is -0.409 e. The highest BCUT2D eigenvalue weighted by Crippen LogP contribution is 2.29. The van der Waals surface area contributed by atoms with Crippen molar-refractivity contribution in [2.75, 3.05) is 0 Å². The van der Waals surface area contributed by atoms with E-state index in [1.807, 2.05) is 0 Å². The summed E-state index contributed by atoms with van der Waals surface area (Å²) >= 11 is 0. The Morgan fingerprint density at radius 2 is 2.20 bits per heavy atom. The Labute approximate surface area is 89.7 Å². The van der Waals surface area contributed by atoms with Crippen LogP contribution in [-0.4, -0.2) is 22.5 Å². The molecule has 0 aromatic rings. The molecule has 0 heterocycles. The summed E-state index contributed by atoms with van der Waals surface area (Å²) in [4.78, 5) is 11.6. The molecule has 86 valence electrons. The largest absolute Gasteiger partial charge is 0.409 e. The molecular weight excluding hydrogens is 194 g/mol. The van der Waals surface area contributed by atoms with Crippen molar-refractivity contribution < 1.29 is 10.0 Å². The van der Waals surface area contributed by atoms with Crippen molar-refractivity contribution in [2.24, 2.45) is 16.8 Å². The van der Waals surface area contributed by atoms with E-state index in [-0.39, 0.29) is 11.7 Å². The first kappa shape index (κ1) is 11.8. The highest BCUT2D eigenvalue weighted by molar-refractivity contribution is 5.93. The lowest BCUT2D eigenvalue weighted by Gasteiger charge is -2.28. The van der Waals surface area contributed by atoms with E-state index in [2.05, 4.69) is 10.5 Å². The molecule has 0 unspecified atom stereocenters. The van der Waals surface area contributed by atoms with Crippen molar-refractivity contribution in [2.45, 2.75) is 45.1 Å². The van der Waals surface area contributed by atoms with Crippen molar-refractivity contribution >= 4 is 11.7 Å². The molecular formula is C10H19N3O2. The molecule has 1 aliphatic carbocycles. The zero-order chi connectivity index (χ0) is 11.5. The van der Waals surface area contributed by atoms with Crippen LogP contribution in [0.4, 0.5) is 0 Å². The first-order valence-corrected chi connectivity index (χ1v) is 5.24. The fourth-order valence-electron chi connectivity index (χ4n) is 1.55. The van der Waals surface area contributed by atoms with Gasteiger partial charge in [-0.05, 0) is 32.6 Å². The van der Waals surface area contributed by atoms with Crippen LogP contribution in [0.2, 0.25) is 0 Å². The normalized spacial score (nSPS) is 18.4.